The molecule has 0 saturated carbocycles. The molecule has 3 aliphatic rings. The zero-order chi connectivity index (χ0) is 45.8. The van der Waals surface area contributed by atoms with E-state index in [0.29, 0.717) is 5.56 Å². The van der Waals surface area contributed by atoms with Gasteiger partial charge in [0.25, 0.3) is 0 Å². The summed E-state index contributed by atoms with van der Waals surface area (Å²) in [6, 6.07) is 17.5. The number of benzene rings is 2. The number of esters is 4. The maximum Gasteiger partial charge on any atom is 0.311 e. The van der Waals surface area contributed by atoms with E-state index in [1.807, 2.05) is 60.7 Å². The van der Waals surface area contributed by atoms with Crippen LogP contribution in [0, 0.1) is 21.7 Å². The Kier molecular flexibility index (Phi) is 15.5. The molecule has 340 valence electrons. The van der Waals surface area contributed by atoms with Crippen LogP contribution in [0.3, 0.4) is 0 Å². The van der Waals surface area contributed by atoms with E-state index >= 15 is 0 Å². The monoisotopic (exact) mass is 883 g/mol. The van der Waals surface area contributed by atoms with Crippen LogP contribution in [0.5, 0.6) is 0 Å². The van der Waals surface area contributed by atoms with Crippen molar-refractivity contribution >= 4 is 35.6 Å². The molecule has 11 atom stereocenters. The summed E-state index contributed by atoms with van der Waals surface area (Å²) in [6.07, 6.45) is -11.5. The zero-order valence-corrected chi connectivity index (χ0v) is 38.4. The van der Waals surface area contributed by atoms with Crippen molar-refractivity contribution in [2.75, 3.05) is 13.2 Å². The minimum Gasteiger partial charge on any atom is -0.462 e. The van der Waals surface area contributed by atoms with E-state index in [9.17, 15) is 24.7 Å². The third-order valence-corrected chi connectivity index (χ3v) is 11.2. The number of carbonyl (C=O) groups is 4. The van der Waals surface area contributed by atoms with Gasteiger partial charge < -0.3 is 42.6 Å². The number of ether oxygens (including phenoxy) is 9. The quantitative estimate of drug-likeness (QED) is 0.0694. The average molecular weight is 884 g/mol. The molecule has 3 aliphatic heterocycles. The molecule has 62 heavy (non-hydrogen) atoms. The maximum absolute atomic E-state index is 14.0. The lowest BCUT2D eigenvalue weighted by Gasteiger charge is -2.51. The van der Waals surface area contributed by atoms with E-state index in [2.05, 4.69) is 10.0 Å². The molecule has 0 amide bonds. The number of rotatable bonds is 11. The van der Waals surface area contributed by atoms with E-state index < -0.39 is 119 Å². The summed E-state index contributed by atoms with van der Waals surface area (Å²) in [5.74, 6) is -2.74. The molecule has 3 saturated heterocycles. The fourth-order valence-corrected chi connectivity index (χ4v) is 7.49. The van der Waals surface area contributed by atoms with Crippen molar-refractivity contribution in [2.45, 2.75) is 155 Å². The van der Waals surface area contributed by atoms with Gasteiger partial charge in [0.05, 0.1) is 28.3 Å². The Labute approximate surface area is 367 Å². The van der Waals surface area contributed by atoms with Gasteiger partial charge in [-0.2, -0.15) is 0 Å². The summed E-state index contributed by atoms with van der Waals surface area (Å²) in [4.78, 5) is 58.9. The summed E-state index contributed by atoms with van der Waals surface area (Å²) in [5, 5.41) is 4.21. The lowest BCUT2D eigenvalue weighted by Crippen LogP contribution is -2.67. The van der Waals surface area contributed by atoms with Crippen LogP contribution in [0.15, 0.2) is 70.7 Å². The first-order valence-corrected chi connectivity index (χ1v) is 21.6. The number of hydrogen-bond acceptors (Lipinski definition) is 15. The molecule has 0 spiro atoms. The van der Waals surface area contributed by atoms with Gasteiger partial charge in [-0.1, -0.05) is 65.4 Å². The van der Waals surface area contributed by atoms with E-state index in [1.165, 1.54) is 11.8 Å². The Balaban J connectivity index is 1.67. The first kappa shape index (κ1) is 48.8. The lowest BCUT2D eigenvalue weighted by atomic mass is 9.92. The molecule has 2 aromatic rings. The molecule has 17 heteroatoms. The van der Waals surface area contributed by atoms with E-state index in [1.54, 1.807) is 83.1 Å². The standard InChI is InChI=1S/C45H61N3O13S/c1-42(2,3)38(49)54-24-27-31(59-39(50)43(4,5)6)33(60-40(51)44(7,8)9)34(61-41(52)45(10,11)12)36(55-27)58-32-29(47-48-46)37(62-26-21-17-14-18-22-26)56-28-23-53-35(57-30(28)32)25-19-15-13-16-20-25/h13-22,27-37H,23-24H2,1-12H3/t27-,28-,29-,30-,31+,32-,33+,34-,35-,36+,37-/m1/s1. The van der Waals surface area contributed by atoms with Gasteiger partial charge in [-0.15, -0.1) is 0 Å². The average Bonchev–Trinajstić information content (AvgIpc) is 3.19. The van der Waals surface area contributed by atoms with Crippen molar-refractivity contribution in [3.63, 3.8) is 0 Å². The SMILES string of the molecule is CC(C)(C)C(=O)OC[C@H]1O[C@@H](O[C@@H]2[C@@H](N=[N+]=[N-])[C@@H](Sc3ccccc3)O[C@@H]3CO[C@@H](c4ccccc4)O[C@@H]23)[C@H](OC(=O)C(C)(C)C)[C@@H](OC(=O)C(C)(C)C)[C@H]1OC(=O)C(C)(C)C. The molecule has 0 radical (unpaired) electrons. The maximum atomic E-state index is 14.0. The topological polar surface area (TPSA) is 200 Å². The van der Waals surface area contributed by atoms with Crippen molar-refractivity contribution in [2.24, 2.45) is 26.8 Å². The fraction of sp³-hybridized carbons (Fsp3) is 0.644. The summed E-state index contributed by atoms with van der Waals surface area (Å²) < 4.78 is 57.4. The molecule has 0 aliphatic carbocycles. The molecular weight excluding hydrogens is 823 g/mol. The summed E-state index contributed by atoms with van der Waals surface area (Å²) in [7, 11) is 0. The van der Waals surface area contributed by atoms with E-state index in [0.717, 1.165) is 4.90 Å². The molecule has 0 bridgehead atoms. The third-order valence-electron chi connectivity index (χ3n) is 10.00. The highest BCUT2D eigenvalue weighted by atomic mass is 32.2. The Hall–Kier alpha value is -4.22. The van der Waals surface area contributed by atoms with E-state index in [-0.39, 0.29) is 6.61 Å². The first-order valence-electron chi connectivity index (χ1n) is 20.7. The van der Waals surface area contributed by atoms with Gasteiger partial charge in [-0.05, 0) is 101 Å². The number of azide groups is 1. The zero-order valence-electron chi connectivity index (χ0n) is 37.6. The molecule has 5 rings (SSSR count). The molecule has 3 heterocycles. The highest BCUT2D eigenvalue weighted by molar-refractivity contribution is 7.99. The minimum absolute atomic E-state index is 0.0505. The van der Waals surface area contributed by atoms with Gasteiger partial charge in [0.15, 0.2) is 30.9 Å². The Morgan fingerprint density at radius 3 is 1.73 bits per heavy atom. The van der Waals surface area contributed by atoms with Gasteiger partial charge in [0.2, 0.25) is 0 Å². The Bertz CT molecular complexity index is 1920. The van der Waals surface area contributed by atoms with Gasteiger partial charge in [0.1, 0.15) is 42.5 Å². The molecule has 16 nitrogen and oxygen atoms in total. The van der Waals surface area contributed by atoms with Crippen LogP contribution in [-0.2, 0) is 61.8 Å². The van der Waals surface area contributed by atoms with Crippen molar-refractivity contribution in [1.82, 2.24) is 0 Å². The van der Waals surface area contributed by atoms with Crippen LogP contribution in [0.25, 0.3) is 10.4 Å². The van der Waals surface area contributed by atoms with Crippen LogP contribution in [0.1, 0.15) is 94.9 Å². The van der Waals surface area contributed by atoms with Crippen LogP contribution in [-0.4, -0.2) is 97.6 Å². The largest absolute Gasteiger partial charge is 0.462 e. The lowest BCUT2D eigenvalue weighted by molar-refractivity contribution is -0.357. The molecule has 2 aromatic carbocycles. The van der Waals surface area contributed by atoms with Crippen LogP contribution in [0.4, 0.5) is 0 Å². The number of thioether (sulfide) groups is 1. The predicted octanol–water partition coefficient (Wildman–Crippen LogP) is 7.87. The molecule has 0 N–H and O–H groups in total. The highest BCUT2D eigenvalue weighted by Crippen LogP contribution is 2.43. The molecule has 0 aromatic heterocycles. The molecule has 3 fully saturated rings. The number of carbonyl (C=O) groups excluding carboxylic acids is 4. The molecule has 0 unspecified atom stereocenters. The fourth-order valence-electron chi connectivity index (χ4n) is 6.36. The number of nitrogens with zero attached hydrogens (tertiary/aromatic N) is 3. The second-order valence-electron chi connectivity index (χ2n) is 19.7. The van der Waals surface area contributed by atoms with Gasteiger partial charge in [0, 0.05) is 15.4 Å². The number of hydrogen-bond donors (Lipinski definition) is 0. The highest BCUT2D eigenvalue weighted by Gasteiger charge is 2.58. The van der Waals surface area contributed by atoms with E-state index in [4.69, 9.17) is 42.6 Å². The van der Waals surface area contributed by atoms with Crippen molar-refractivity contribution in [3.05, 3.63) is 76.7 Å². The van der Waals surface area contributed by atoms with Crippen LogP contribution in [0.2, 0.25) is 0 Å². The Morgan fingerprint density at radius 2 is 1.19 bits per heavy atom. The van der Waals surface area contributed by atoms with Crippen LogP contribution < -0.4 is 0 Å². The smallest absolute Gasteiger partial charge is 0.311 e. The third kappa shape index (κ3) is 12.3. The van der Waals surface area contributed by atoms with Gasteiger partial charge >= 0.3 is 23.9 Å². The normalized spacial score (nSPS) is 29.3. The predicted molar refractivity (Wildman–Crippen MR) is 226 cm³/mol. The summed E-state index contributed by atoms with van der Waals surface area (Å²) in [6.45, 7) is 19.4. The molecular formula is C45H61N3O13S. The van der Waals surface area contributed by atoms with Crippen molar-refractivity contribution in [3.8, 4) is 0 Å². The summed E-state index contributed by atoms with van der Waals surface area (Å²) in [5.41, 5.74) is 5.72. The minimum atomic E-state index is -1.65. The van der Waals surface area contributed by atoms with Crippen molar-refractivity contribution < 1.29 is 61.8 Å². The number of fused-ring (bicyclic) bond motifs is 1. The Morgan fingerprint density at radius 1 is 0.677 bits per heavy atom. The van der Waals surface area contributed by atoms with Crippen LogP contribution >= 0.6 is 11.8 Å². The second-order valence-corrected chi connectivity index (χ2v) is 20.9. The second kappa shape index (κ2) is 19.7. The first-order chi connectivity index (χ1) is 28.9. The van der Waals surface area contributed by atoms with Crippen molar-refractivity contribution in [1.29, 1.82) is 0 Å². The summed E-state index contributed by atoms with van der Waals surface area (Å²) >= 11 is 1.29. The van der Waals surface area contributed by atoms with Gasteiger partial charge in [-0.3, -0.25) is 19.2 Å². The van der Waals surface area contributed by atoms with Gasteiger partial charge in [-0.25, -0.2) is 0 Å².